The Morgan fingerprint density at radius 2 is 1.71 bits per heavy atom. The van der Waals surface area contributed by atoms with Gasteiger partial charge in [-0.2, -0.15) is 0 Å². The highest BCUT2D eigenvalue weighted by Crippen LogP contribution is 2.33. The number of hydrogen-bond acceptors (Lipinski definition) is 6. The maximum atomic E-state index is 13.3. The molecule has 2 amide bonds. The third-order valence-electron chi connectivity index (χ3n) is 6.17. The van der Waals surface area contributed by atoms with Crippen molar-refractivity contribution in [2.24, 2.45) is 0 Å². The molecule has 2 aliphatic heterocycles. The molecule has 5 rings (SSSR count). The number of hydroxylamine groups is 1. The number of ether oxygens (including phenoxy) is 1. The normalized spacial score (nSPS) is 16.3. The van der Waals surface area contributed by atoms with E-state index in [1.807, 2.05) is 66.7 Å². The van der Waals surface area contributed by atoms with Gasteiger partial charge in [0.2, 0.25) is 5.88 Å². The number of para-hydroxylation sites is 1. The first kappa shape index (κ1) is 22.6. The van der Waals surface area contributed by atoms with E-state index in [1.165, 1.54) is 0 Å². The van der Waals surface area contributed by atoms with Crippen LogP contribution in [-0.4, -0.2) is 40.4 Å². The number of likely N-dealkylation sites (tertiary alicyclic amines) is 1. The summed E-state index contributed by atoms with van der Waals surface area (Å²) >= 11 is 0. The van der Waals surface area contributed by atoms with Gasteiger partial charge < -0.3 is 15.0 Å². The number of nitrogens with zero attached hydrogens (tertiary/aromatic N) is 2. The second kappa shape index (κ2) is 9.99. The fourth-order valence-electron chi connectivity index (χ4n) is 4.20. The van der Waals surface area contributed by atoms with Gasteiger partial charge in [0, 0.05) is 38.7 Å². The number of nitrogens with one attached hydrogen (secondary N) is 2. The second-order valence-corrected chi connectivity index (χ2v) is 8.56. The molecule has 0 bridgehead atoms. The number of carbonyl (C=O) groups excluding carboxylic acids is 2. The molecule has 2 N–H and O–H groups in total. The maximum absolute atomic E-state index is 13.3. The zero-order valence-corrected chi connectivity index (χ0v) is 19.1. The Morgan fingerprint density at radius 1 is 1.00 bits per heavy atom. The van der Waals surface area contributed by atoms with E-state index < -0.39 is 5.60 Å². The van der Waals surface area contributed by atoms with Crippen LogP contribution in [0, 0.1) is 0 Å². The van der Waals surface area contributed by atoms with E-state index in [-0.39, 0.29) is 17.7 Å². The van der Waals surface area contributed by atoms with Crippen LogP contribution in [0.2, 0.25) is 0 Å². The first-order valence-electron chi connectivity index (χ1n) is 11.6. The Morgan fingerprint density at radius 3 is 2.46 bits per heavy atom. The summed E-state index contributed by atoms with van der Waals surface area (Å²) in [5.41, 5.74) is 3.99. The molecule has 1 fully saturated rings. The van der Waals surface area contributed by atoms with E-state index >= 15 is 0 Å². The van der Waals surface area contributed by atoms with Crippen LogP contribution in [0.5, 0.6) is 11.6 Å². The summed E-state index contributed by atoms with van der Waals surface area (Å²) in [5, 5.41) is 2.90. The van der Waals surface area contributed by atoms with Gasteiger partial charge in [-0.1, -0.05) is 48.5 Å². The summed E-state index contributed by atoms with van der Waals surface area (Å²) in [6.45, 7) is 1.40. The summed E-state index contributed by atoms with van der Waals surface area (Å²) in [6, 6.07) is 22.4. The van der Waals surface area contributed by atoms with Crippen molar-refractivity contribution in [1.82, 2.24) is 20.7 Å². The molecule has 1 saturated heterocycles. The number of piperidine rings is 1. The molecule has 0 saturated carbocycles. The molecule has 35 heavy (non-hydrogen) atoms. The largest absolute Gasteiger partial charge is 0.438 e. The number of carbonyl (C=O) groups is 2. The molecule has 8 heteroatoms. The van der Waals surface area contributed by atoms with E-state index in [9.17, 15) is 9.59 Å². The van der Waals surface area contributed by atoms with Crippen molar-refractivity contribution in [2.45, 2.75) is 25.0 Å². The van der Waals surface area contributed by atoms with Crippen LogP contribution in [0.15, 0.2) is 90.8 Å². The number of amides is 2. The lowest BCUT2D eigenvalue weighted by atomic mass is 9.90. The maximum Gasteiger partial charge on any atom is 0.269 e. The van der Waals surface area contributed by atoms with Crippen molar-refractivity contribution in [3.05, 3.63) is 102 Å². The van der Waals surface area contributed by atoms with Gasteiger partial charge in [0.1, 0.15) is 22.6 Å². The van der Waals surface area contributed by atoms with Crippen molar-refractivity contribution >= 4 is 11.8 Å². The quantitative estimate of drug-likeness (QED) is 0.572. The Hall–Kier alpha value is -4.17. The summed E-state index contributed by atoms with van der Waals surface area (Å²) in [4.78, 5) is 37.7. The Kier molecular flexibility index (Phi) is 6.45. The lowest BCUT2D eigenvalue weighted by Gasteiger charge is -2.36. The molecular formula is C27H26N4O4. The summed E-state index contributed by atoms with van der Waals surface area (Å²) < 4.78 is 5.86. The van der Waals surface area contributed by atoms with Gasteiger partial charge in [0.05, 0.1) is 0 Å². The molecule has 8 nitrogen and oxygen atoms in total. The van der Waals surface area contributed by atoms with Gasteiger partial charge in [-0.15, -0.1) is 0 Å². The van der Waals surface area contributed by atoms with Crippen molar-refractivity contribution in [3.8, 4) is 11.6 Å². The third kappa shape index (κ3) is 5.17. The van der Waals surface area contributed by atoms with Gasteiger partial charge in [-0.05, 0) is 35.9 Å². The molecule has 1 aromatic heterocycles. The van der Waals surface area contributed by atoms with E-state index in [4.69, 9.17) is 9.57 Å². The number of pyridine rings is 1. The molecule has 178 valence electrons. The molecule has 0 atom stereocenters. The van der Waals surface area contributed by atoms with Crippen LogP contribution in [0.25, 0.3) is 0 Å². The number of hydrogen-bond donors (Lipinski definition) is 2. The second-order valence-electron chi connectivity index (χ2n) is 8.56. The fraction of sp³-hybridized carbons (Fsp3) is 0.222. The van der Waals surface area contributed by atoms with E-state index in [0.717, 1.165) is 5.56 Å². The van der Waals surface area contributed by atoms with Crippen molar-refractivity contribution in [3.63, 3.8) is 0 Å². The Bertz CT molecular complexity index is 1220. The molecule has 0 aliphatic carbocycles. The molecule has 2 aliphatic rings. The predicted molar refractivity (Wildman–Crippen MR) is 129 cm³/mol. The van der Waals surface area contributed by atoms with E-state index in [1.54, 1.807) is 23.2 Å². The molecule has 3 heterocycles. The molecule has 0 radical (unpaired) electrons. The highest BCUT2D eigenvalue weighted by molar-refractivity contribution is 5.96. The summed E-state index contributed by atoms with van der Waals surface area (Å²) in [7, 11) is 0. The summed E-state index contributed by atoms with van der Waals surface area (Å²) in [6.07, 6.45) is 4.57. The van der Waals surface area contributed by atoms with Crippen LogP contribution in [0.3, 0.4) is 0 Å². The minimum absolute atomic E-state index is 0.144. The van der Waals surface area contributed by atoms with Crippen LogP contribution in [0.4, 0.5) is 0 Å². The highest BCUT2D eigenvalue weighted by atomic mass is 16.7. The Labute approximate surface area is 203 Å². The average molecular weight is 471 g/mol. The lowest BCUT2D eigenvalue weighted by molar-refractivity contribution is -0.120. The number of benzene rings is 2. The first-order valence-corrected chi connectivity index (χ1v) is 11.6. The smallest absolute Gasteiger partial charge is 0.269 e. The summed E-state index contributed by atoms with van der Waals surface area (Å²) in [5.74, 6) is 0.531. The SMILES string of the molecule is O=C(NCc1ccccc1)C1=CC2(CCN(C(=O)c3cccnc3Oc3ccccc3)CC2)ON1. The first-order chi connectivity index (χ1) is 17.1. The van der Waals surface area contributed by atoms with E-state index in [2.05, 4.69) is 15.8 Å². The zero-order chi connectivity index (χ0) is 24.1. The molecule has 3 aromatic rings. The highest BCUT2D eigenvalue weighted by Gasteiger charge is 2.41. The van der Waals surface area contributed by atoms with Crippen molar-refractivity contribution < 1.29 is 19.2 Å². The minimum Gasteiger partial charge on any atom is -0.438 e. The monoisotopic (exact) mass is 470 g/mol. The van der Waals surface area contributed by atoms with Gasteiger partial charge in [0.15, 0.2) is 0 Å². The van der Waals surface area contributed by atoms with Crippen LogP contribution < -0.4 is 15.5 Å². The van der Waals surface area contributed by atoms with Crippen molar-refractivity contribution in [2.75, 3.05) is 13.1 Å². The third-order valence-corrected chi connectivity index (χ3v) is 6.17. The fourth-order valence-corrected chi connectivity index (χ4v) is 4.20. The minimum atomic E-state index is -0.617. The predicted octanol–water partition coefficient (Wildman–Crippen LogP) is 3.58. The number of aromatic nitrogens is 1. The lowest BCUT2D eigenvalue weighted by Crippen LogP contribution is -2.46. The molecule has 0 unspecified atom stereocenters. The van der Waals surface area contributed by atoms with Crippen LogP contribution in [0.1, 0.15) is 28.8 Å². The molecule has 1 spiro atoms. The van der Waals surface area contributed by atoms with Gasteiger partial charge in [0.25, 0.3) is 11.8 Å². The topological polar surface area (TPSA) is 92.8 Å². The molecule has 2 aromatic carbocycles. The van der Waals surface area contributed by atoms with Crippen molar-refractivity contribution in [1.29, 1.82) is 0 Å². The standard InChI is InChI=1S/C27H26N4O4/c32-24(29-19-20-8-3-1-4-9-20)23-18-27(35-30-23)13-16-31(17-14-27)26(33)22-12-7-15-28-25(22)34-21-10-5-2-6-11-21/h1-12,15,18,30H,13-14,16-17,19H2,(H,29,32). The molecular weight excluding hydrogens is 444 g/mol. The van der Waals surface area contributed by atoms with Gasteiger partial charge >= 0.3 is 0 Å². The van der Waals surface area contributed by atoms with E-state index in [0.29, 0.717) is 49.5 Å². The van der Waals surface area contributed by atoms with Crippen LogP contribution >= 0.6 is 0 Å². The Balaban J connectivity index is 1.20. The van der Waals surface area contributed by atoms with Gasteiger partial charge in [-0.3, -0.25) is 19.9 Å². The van der Waals surface area contributed by atoms with Crippen LogP contribution in [-0.2, 0) is 16.2 Å². The number of rotatable bonds is 6. The average Bonchev–Trinajstić information content (AvgIpc) is 3.32. The zero-order valence-electron chi connectivity index (χ0n) is 19.1. The van der Waals surface area contributed by atoms with Gasteiger partial charge in [-0.25, -0.2) is 4.98 Å².